The minimum Gasteiger partial charge on any atom is -0.354 e. The monoisotopic (exact) mass is 446 g/mol. The Bertz CT molecular complexity index is 903. The van der Waals surface area contributed by atoms with E-state index < -0.39 is 15.9 Å². The van der Waals surface area contributed by atoms with Gasteiger partial charge in [-0.25, -0.2) is 8.42 Å². The Kier molecular flexibility index (Phi) is 7.85. The molecule has 146 valence electrons. The van der Waals surface area contributed by atoms with E-state index in [1.807, 2.05) is 31.2 Å². The van der Waals surface area contributed by atoms with Crippen LogP contribution in [0.15, 0.2) is 47.4 Å². The number of nitrogens with one attached hydrogen (secondary N) is 1. The van der Waals surface area contributed by atoms with E-state index in [9.17, 15) is 13.2 Å². The fourth-order valence-corrected chi connectivity index (χ4v) is 4.30. The van der Waals surface area contributed by atoms with Crippen LogP contribution in [0.25, 0.3) is 0 Å². The molecule has 2 aromatic rings. The SMILES string of the molecule is Cc1ccc(SCCNC(=O)CN(c2cc(Cl)ccc2Cl)S(C)(=O)=O)cc1. The summed E-state index contributed by atoms with van der Waals surface area (Å²) in [5.41, 5.74) is 1.36. The van der Waals surface area contributed by atoms with E-state index in [-0.39, 0.29) is 17.3 Å². The molecule has 9 heteroatoms. The molecular formula is C18H20Cl2N2O3S2. The lowest BCUT2D eigenvalue weighted by Crippen LogP contribution is -2.41. The van der Waals surface area contributed by atoms with Crippen molar-refractivity contribution in [2.45, 2.75) is 11.8 Å². The zero-order valence-electron chi connectivity index (χ0n) is 14.9. The Hall–Kier alpha value is -1.41. The molecule has 1 amide bonds. The second kappa shape index (κ2) is 9.68. The fraction of sp³-hybridized carbons (Fsp3) is 0.278. The summed E-state index contributed by atoms with van der Waals surface area (Å²) in [6.45, 7) is 2.07. The van der Waals surface area contributed by atoms with E-state index in [2.05, 4.69) is 5.32 Å². The highest BCUT2D eigenvalue weighted by molar-refractivity contribution is 7.99. The van der Waals surface area contributed by atoms with Gasteiger partial charge in [0.1, 0.15) is 6.54 Å². The molecule has 0 spiro atoms. The summed E-state index contributed by atoms with van der Waals surface area (Å²) in [6.07, 6.45) is 1.02. The van der Waals surface area contributed by atoms with E-state index in [4.69, 9.17) is 23.2 Å². The van der Waals surface area contributed by atoms with Crippen LogP contribution in [0.2, 0.25) is 10.0 Å². The number of carbonyl (C=O) groups excluding carboxylic acids is 1. The van der Waals surface area contributed by atoms with Gasteiger partial charge in [0.05, 0.1) is 17.0 Å². The lowest BCUT2D eigenvalue weighted by Gasteiger charge is -2.23. The molecule has 0 atom stereocenters. The van der Waals surface area contributed by atoms with Gasteiger partial charge in [0.2, 0.25) is 15.9 Å². The number of benzene rings is 2. The van der Waals surface area contributed by atoms with Crippen molar-refractivity contribution in [1.82, 2.24) is 5.32 Å². The summed E-state index contributed by atoms with van der Waals surface area (Å²) in [7, 11) is -3.71. The summed E-state index contributed by atoms with van der Waals surface area (Å²) < 4.78 is 25.2. The van der Waals surface area contributed by atoms with Crippen LogP contribution in [0.1, 0.15) is 5.56 Å². The van der Waals surface area contributed by atoms with E-state index >= 15 is 0 Å². The van der Waals surface area contributed by atoms with E-state index in [1.54, 1.807) is 17.8 Å². The van der Waals surface area contributed by atoms with Crippen LogP contribution in [-0.4, -0.2) is 39.4 Å². The minimum atomic E-state index is -3.71. The molecule has 1 N–H and O–H groups in total. The molecule has 0 saturated heterocycles. The highest BCUT2D eigenvalue weighted by Crippen LogP contribution is 2.30. The largest absolute Gasteiger partial charge is 0.354 e. The van der Waals surface area contributed by atoms with Gasteiger partial charge in [-0.05, 0) is 37.3 Å². The first kappa shape index (κ1) is 21.9. The molecule has 2 rings (SSSR count). The number of anilines is 1. The van der Waals surface area contributed by atoms with Crippen molar-refractivity contribution < 1.29 is 13.2 Å². The molecule has 0 fully saturated rings. The Balaban J connectivity index is 1.94. The minimum absolute atomic E-state index is 0.177. The maximum absolute atomic E-state index is 12.2. The Morgan fingerprint density at radius 1 is 1.15 bits per heavy atom. The molecular weight excluding hydrogens is 427 g/mol. The molecule has 27 heavy (non-hydrogen) atoms. The van der Waals surface area contributed by atoms with Crippen molar-refractivity contribution in [3.63, 3.8) is 0 Å². The van der Waals surface area contributed by atoms with Gasteiger partial charge in [0.15, 0.2) is 0 Å². The third-order valence-corrected chi connectivity index (χ3v) is 6.27. The van der Waals surface area contributed by atoms with Crippen molar-refractivity contribution in [3.8, 4) is 0 Å². The topological polar surface area (TPSA) is 66.5 Å². The molecule has 0 aromatic heterocycles. The summed E-state index contributed by atoms with van der Waals surface area (Å²) in [4.78, 5) is 13.3. The maximum Gasteiger partial charge on any atom is 0.240 e. The third kappa shape index (κ3) is 6.92. The molecule has 0 bridgehead atoms. The van der Waals surface area contributed by atoms with Crippen molar-refractivity contribution in [1.29, 1.82) is 0 Å². The second-order valence-corrected chi connectivity index (χ2v) is 9.80. The van der Waals surface area contributed by atoms with Gasteiger partial charge in [-0.1, -0.05) is 40.9 Å². The number of sulfonamides is 1. The number of hydrogen-bond acceptors (Lipinski definition) is 4. The zero-order chi connectivity index (χ0) is 20.0. The second-order valence-electron chi connectivity index (χ2n) is 5.88. The molecule has 0 heterocycles. The van der Waals surface area contributed by atoms with Gasteiger partial charge in [-0.15, -0.1) is 11.8 Å². The summed E-state index contributed by atoms with van der Waals surface area (Å²) in [5.74, 6) is 0.256. The maximum atomic E-state index is 12.2. The Morgan fingerprint density at radius 3 is 2.44 bits per heavy atom. The van der Waals surface area contributed by atoms with Crippen LogP contribution in [0, 0.1) is 6.92 Å². The average molecular weight is 447 g/mol. The first-order chi connectivity index (χ1) is 12.7. The number of thioether (sulfide) groups is 1. The van der Waals surface area contributed by atoms with Crippen molar-refractivity contribution in [3.05, 3.63) is 58.1 Å². The van der Waals surface area contributed by atoms with Crippen LogP contribution in [-0.2, 0) is 14.8 Å². The highest BCUT2D eigenvalue weighted by Gasteiger charge is 2.23. The van der Waals surface area contributed by atoms with E-state index in [0.29, 0.717) is 17.3 Å². The van der Waals surface area contributed by atoms with E-state index in [0.717, 1.165) is 15.5 Å². The molecule has 0 unspecified atom stereocenters. The van der Waals surface area contributed by atoms with Crippen LogP contribution in [0.4, 0.5) is 5.69 Å². The van der Waals surface area contributed by atoms with Gasteiger partial charge in [0.25, 0.3) is 0 Å². The van der Waals surface area contributed by atoms with E-state index in [1.165, 1.54) is 17.7 Å². The lowest BCUT2D eigenvalue weighted by molar-refractivity contribution is -0.119. The summed E-state index contributed by atoms with van der Waals surface area (Å²) in [6, 6.07) is 12.6. The number of rotatable bonds is 8. The fourth-order valence-electron chi connectivity index (χ4n) is 2.24. The Morgan fingerprint density at radius 2 is 1.81 bits per heavy atom. The number of nitrogens with zero attached hydrogens (tertiary/aromatic N) is 1. The van der Waals surface area contributed by atoms with Crippen LogP contribution in [0.3, 0.4) is 0 Å². The van der Waals surface area contributed by atoms with Crippen molar-refractivity contribution >= 4 is 56.6 Å². The molecule has 2 aromatic carbocycles. The predicted octanol–water partition coefficient (Wildman–Crippen LogP) is 3.98. The molecule has 0 aliphatic carbocycles. The molecule has 0 aliphatic rings. The zero-order valence-corrected chi connectivity index (χ0v) is 18.1. The number of carbonyl (C=O) groups is 1. The molecule has 0 radical (unpaired) electrons. The van der Waals surface area contributed by atoms with Crippen LogP contribution >= 0.6 is 35.0 Å². The third-order valence-electron chi connectivity index (χ3n) is 3.58. The van der Waals surface area contributed by atoms with Gasteiger partial charge in [0, 0.05) is 22.2 Å². The van der Waals surface area contributed by atoms with Crippen LogP contribution in [0.5, 0.6) is 0 Å². The van der Waals surface area contributed by atoms with Crippen molar-refractivity contribution in [2.24, 2.45) is 0 Å². The standard InChI is InChI=1S/C18H20Cl2N2O3S2/c1-13-3-6-15(7-4-13)26-10-9-21-18(23)12-22(27(2,24)25)17-11-14(19)5-8-16(17)20/h3-8,11H,9-10,12H2,1-2H3,(H,21,23). The van der Waals surface area contributed by atoms with Crippen LogP contribution < -0.4 is 9.62 Å². The normalized spacial score (nSPS) is 11.3. The first-order valence-electron chi connectivity index (χ1n) is 8.06. The van der Waals surface area contributed by atoms with Gasteiger partial charge in [-0.3, -0.25) is 9.10 Å². The van der Waals surface area contributed by atoms with Gasteiger partial charge < -0.3 is 5.32 Å². The van der Waals surface area contributed by atoms with Gasteiger partial charge in [-0.2, -0.15) is 0 Å². The predicted molar refractivity (Wildman–Crippen MR) is 114 cm³/mol. The average Bonchev–Trinajstić information content (AvgIpc) is 2.59. The first-order valence-corrected chi connectivity index (χ1v) is 11.6. The summed E-state index contributed by atoms with van der Waals surface area (Å²) >= 11 is 13.6. The molecule has 5 nitrogen and oxygen atoms in total. The quantitative estimate of drug-likeness (QED) is 0.491. The van der Waals surface area contributed by atoms with Crippen molar-refractivity contribution in [2.75, 3.05) is 29.4 Å². The number of hydrogen-bond donors (Lipinski definition) is 1. The molecule has 0 aliphatic heterocycles. The number of amides is 1. The highest BCUT2D eigenvalue weighted by atomic mass is 35.5. The lowest BCUT2D eigenvalue weighted by atomic mass is 10.2. The Labute approximate surface area is 174 Å². The smallest absolute Gasteiger partial charge is 0.240 e. The molecule has 0 saturated carbocycles. The van der Waals surface area contributed by atoms with Gasteiger partial charge >= 0.3 is 0 Å². The number of aryl methyl sites for hydroxylation is 1. The number of halogens is 2. The summed E-state index contributed by atoms with van der Waals surface area (Å²) in [5, 5.41) is 3.26.